The lowest BCUT2D eigenvalue weighted by Gasteiger charge is -2.40. The third kappa shape index (κ3) is 3.74. The molecule has 0 spiro atoms. The molecule has 16 heavy (non-hydrogen) atoms. The van der Waals surface area contributed by atoms with Crippen LogP contribution in [0, 0.1) is 0 Å². The van der Waals surface area contributed by atoms with Gasteiger partial charge in [-0.3, -0.25) is 4.18 Å². The molecule has 0 N–H and O–H groups in total. The summed E-state index contributed by atoms with van der Waals surface area (Å²) in [5, 5.41) is -1.02. The van der Waals surface area contributed by atoms with E-state index in [4.69, 9.17) is 0 Å². The molecule has 8 heteroatoms. The van der Waals surface area contributed by atoms with Gasteiger partial charge in [0, 0.05) is 0 Å². The van der Waals surface area contributed by atoms with Gasteiger partial charge >= 0.3 is 5.80 Å². The highest BCUT2D eigenvalue weighted by Crippen LogP contribution is 2.46. The molecule has 0 aliphatic carbocycles. The van der Waals surface area contributed by atoms with E-state index in [1.54, 1.807) is 0 Å². The van der Waals surface area contributed by atoms with Gasteiger partial charge in [0.1, 0.15) is 0 Å². The molecule has 0 amide bonds. The van der Waals surface area contributed by atoms with Crippen LogP contribution >= 0.6 is 0 Å². The van der Waals surface area contributed by atoms with Crippen LogP contribution in [0.1, 0.15) is 20.8 Å². The lowest BCUT2D eigenvalue weighted by Crippen LogP contribution is -2.58. The Morgan fingerprint density at radius 3 is 1.75 bits per heavy atom. The van der Waals surface area contributed by atoms with Crippen molar-refractivity contribution in [2.45, 2.75) is 38.2 Å². The first-order valence-corrected chi connectivity index (χ1v) is 9.14. The predicted molar refractivity (Wildman–Crippen MR) is 58.2 cm³/mol. The molecule has 0 fully saturated rings. The predicted octanol–water partition coefficient (Wildman–Crippen LogP) is 2.48. The fourth-order valence-electron chi connectivity index (χ4n) is 0.948. The highest BCUT2D eigenvalue weighted by molar-refractivity contribution is 7.86. The highest BCUT2D eigenvalue weighted by Gasteiger charge is 2.61. The summed E-state index contributed by atoms with van der Waals surface area (Å²) >= 11 is 0. The minimum Gasteiger partial charge on any atom is -0.273 e. The molecule has 0 aromatic carbocycles. The van der Waals surface area contributed by atoms with E-state index in [2.05, 4.69) is 4.18 Å². The minimum absolute atomic E-state index is 0.751. The summed E-state index contributed by atoms with van der Waals surface area (Å²) in [4.78, 5) is 0. The van der Waals surface area contributed by atoms with E-state index in [1.165, 1.54) is 20.8 Å². The molecule has 1 atom stereocenters. The minimum atomic E-state index is -4.39. The average Bonchev–Trinajstić information content (AvgIpc) is 1.93. The molecule has 0 saturated heterocycles. The summed E-state index contributed by atoms with van der Waals surface area (Å²) in [5.41, 5.74) is 0. The SMILES string of the molecule is CC(C)(C)[Si](C)(COS(C)(=O)=O)C(F)(F)F. The Morgan fingerprint density at radius 1 is 1.19 bits per heavy atom. The van der Waals surface area contributed by atoms with Crippen molar-refractivity contribution >= 4 is 18.2 Å². The van der Waals surface area contributed by atoms with E-state index in [9.17, 15) is 21.6 Å². The Hall–Kier alpha value is -0.0831. The molecule has 0 rings (SSSR count). The van der Waals surface area contributed by atoms with Gasteiger partial charge in [0.25, 0.3) is 10.1 Å². The molecular weight excluding hydrogens is 261 g/mol. The lowest BCUT2D eigenvalue weighted by atomic mass is 10.2. The molecule has 0 aromatic rings. The molecule has 0 aliphatic rings. The summed E-state index contributed by atoms with van der Waals surface area (Å²) in [6.07, 6.45) is -0.0142. The largest absolute Gasteiger partial charge is 0.364 e. The molecule has 0 radical (unpaired) electrons. The molecule has 1 unspecified atom stereocenters. The van der Waals surface area contributed by atoms with Gasteiger partial charge in [0.2, 0.25) is 8.07 Å². The Balaban J connectivity index is 5.15. The van der Waals surface area contributed by atoms with Gasteiger partial charge in [-0.25, -0.2) is 0 Å². The van der Waals surface area contributed by atoms with Crippen molar-refractivity contribution in [1.82, 2.24) is 0 Å². The van der Waals surface area contributed by atoms with E-state index in [1.807, 2.05) is 0 Å². The quantitative estimate of drug-likeness (QED) is 0.588. The topological polar surface area (TPSA) is 43.4 Å². The fraction of sp³-hybridized carbons (Fsp3) is 1.00. The van der Waals surface area contributed by atoms with Gasteiger partial charge in [-0.2, -0.15) is 21.6 Å². The number of hydrogen-bond acceptors (Lipinski definition) is 3. The van der Waals surface area contributed by atoms with Gasteiger partial charge in [-0.05, 0) is 5.04 Å². The van der Waals surface area contributed by atoms with Crippen LogP contribution < -0.4 is 0 Å². The maximum absolute atomic E-state index is 13.0. The van der Waals surface area contributed by atoms with E-state index in [0.29, 0.717) is 0 Å². The first-order valence-electron chi connectivity index (χ1n) is 4.62. The Labute approximate surface area is 95.1 Å². The van der Waals surface area contributed by atoms with Gasteiger partial charge in [-0.1, -0.05) is 27.3 Å². The fourth-order valence-corrected chi connectivity index (χ4v) is 4.19. The van der Waals surface area contributed by atoms with Gasteiger partial charge < -0.3 is 0 Å². The monoisotopic (exact) mass is 278 g/mol. The van der Waals surface area contributed by atoms with Crippen LogP contribution in [0.3, 0.4) is 0 Å². The smallest absolute Gasteiger partial charge is 0.273 e. The van der Waals surface area contributed by atoms with Crippen LogP contribution in [0.2, 0.25) is 11.6 Å². The van der Waals surface area contributed by atoms with E-state index >= 15 is 0 Å². The van der Waals surface area contributed by atoms with Gasteiger partial charge in [-0.15, -0.1) is 0 Å². The maximum Gasteiger partial charge on any atom is 0.364 e. The van der Waals surface area contributed by atoms with Crippen molar-refractivity contribution in [1.29, 1.82) is 0 Å². The van der Waals surface area contributed by atoms with Crippen LogP contribution in [0.5, 0.6) is 0 Å². The van der Waals surface area contributed by atoms with Gasteiger partial charge in [0.15, 0.2) is 0 Å². The summed E-state index contributed by atoms with van der Waals surface area (Å²) in [5.74, 6) is -4.39. The van der Waals surface area contributed by atoms with E-state index < -0.39 is 35.3 Å². The first-order chi connectivity index (χ1) is 6.71. The maximum atomic E-state index is 13.0. The average molecular weight is 278 g/mol. The van der Waals surface area contributed by atoms with Crippen molar-refractivity contribution < 1.29 is 25.8 Å². The van der Waals surface area contributed by atoms with Crippen molar-refractivity contribution in [3.63, 3.8) is 0 Å². The molecule has 98 valence electrons. The molecule has 0 aromatic heterocycles. The first kappa shape index (κ1) is 15.9. The van der Waals surface area contributed by atoms with Crippen LogP contribution in [0.4, 0.5) is 13.2 Å². The zero-order chi connectivity index (χ0) is 13.4. The normalized spacial score (nSPS) is 18.2. The summed E-state index contributed by atoms with van der Waals surface area (Å²) in [7, 11) is -7.71. The Bertz CT molecular complexity index is 329. The van der Waals surface area contributed by atoms with Crippen molar-refractivity contribution in [2.75, 3.05) is 12.5 Å². The van der Waals surface area contributed by atoms with Gasteiger partial charge in [0.05, 0.1) is 12.5 Å². The van der Waals surface area contributed by atoms with Crippen LogP contribution in [0.25, 0.3) is 0 Å². The van der Waals surface area contributed by atoms with E-state index in [-0.39, 0.29) is 0 Å². The second-order valence-electron chi connectivity index (χ2n) is 5.05. The zero-order valence-corrected chi connectivity index (χ0v) is 11.8. The number of halogens is 3. The Morgan fingerprint density at radius 2 is 1.56 bits per heavy atom. The molecule has 3 nitrogen and oxygen atoms in total. The Kier molecular flexibility index (Phi) is 4.28. The summed E-state index contributed by atoms with van der Waals surface area (Å²) < 4.78 is 64.8. The van der Waals surface area contributed by atoms with E-state index in [0.717, 1.165) is 12.8 Å². The second-order valence-corrected chi connectivity index (χ2v) is 11.7. The number of hydrogen-bond donors (Lipinski definition) is 0. The molecule has 0 heterocycles. The molecular formula is C8H17F3O3SSi. The third-order valence-electron chi connectivity index (χ3n) is 2.84. The highest BCUT2D eigenvalue weighted by atomic mass is 32.2. The number of alkyl halides is 3. The second kappa shape index (κ2) is 4.30. The summed E-state index contributed by atoms with van der Waals surface area (Å²) in [6.45, 7) is 5.47. The standard InChI is InChI=1S/C8H17F3O3SSi/c1-7(2,3)16(5,8(9,10)11)6-14-15(4,12)13/h6H2,1-5H3. The number of rotatable bonds is 3. The van der Waals surface area contributed by atoms with Crippen LogP contribution in [-0.2, 0) is 14.3 Å². The molecule has 0 saturated carbocycles. The van der Waals surface area contributed by atoms with Crippen LogP contribution in [0.15, 0.2) is 0 Å². The van der Waals surface area contributed by atoms with Crippen molar-refractivity contribution in [3.05, 3.63) is 0 Å². The van der Waals surface area contributed by atoms with Crippen molar-refractivity contribution in [3.8, 4) is 0 Å². The van der Waals surface area contributed by atoms with Crippen molar-refractivity contribution in [2.24, 2.45) is 0 Å². The molecule has 0 bridgehead atoms. The molecule has 0 aliphatic heterocycles. The van der Waals surface area contributed by atoms with Crippen LogP contribution in [-0.4, -0.2) is 34.8 Å². The zero-order valence-electron chi connectivity index (χ0n) is 9.97. The summed E-state index contributed by atoms with van der Waals surface area (Å²) in [6, 6.07) is 0. The third-order valence-corrected chi connectivity index (χ3v) is 8.88. The lowest BCUT2D eigenvalue weighted by molar-refractivity contribution is -0.0620.